The number of amides is 2. The fourth-order valence-electron chi connectivity index (χ4n) is 2.83. The lowest BCUT2D eigenvalue weighted by molar-refractivity contribution is 0.0917. The van der Waals surface area contributed by atoms with Crippen molar-refractivity contribution in [1.29, 1.82) is 0 Å². The molecule has 0 aliphatic carbocycles. The first-order chi connectivity index (χ1) is 11.4. The van der Waals surface area contributed by atoms with Gasteiger partial charge in [0.25, 0.3) is 0 Å². The van der Waals surface area contributed by atoms with E-state index in [-0.39, 0.29) is 23.6 Å². The number of likely N-dealkylation sites (tertiary alicyclic amines) is 1. The first-order valence-electron chi connectivity index (χ1n) is 8.10. The van der Waals surface area contributed by atoms with Gasteiger partial charge in [-0.05, 0) is 43.7 Å². The molecule has 1 aromatic rings. The van der Waals surface area contributed by atoms with Gasteiger partial charge < -0.3 is 15.7 Å². The van der Waals surface area contributed by atoms with E-state index in [1.54, 1.807) is 12.1 Å². The number of hydrogen-bond donors (Lipinski definition) is 3. The zero-order chi connectivity index (χ0) is 17.6. The van der Waals surface area contributed by atoms with Gasteiger partial charge in [0, 0.05) is 31.1 Å². The van der Waals surface area contributed by atoms with E-state index in [0.717, 1.165) is 32.1 Å². The molecule has 2 amide bonds. The second-order valence-corrected chi connectivity index (χ2v) is 8.06. The molecule has 1 saturated heterocycles. The van der Waals surface area contributed by atoms with Gasteiger partial charge in [0.2, 0.25) is 0 Å². The Bertz CT molecular complexity index is 646. The minimum absolute atomic E-state index is 0.152. The summed E-state index contributed by atoms with van der Waals surface area (Å²) < 4.78 is 22.8. The van der Waals surface area contributed by atoms with E-state index in [0.29, 0.717) is 18.8 Å². The van der Waals surface area contributed by atoms with Gasteiger partial charge in [-0.2, -0.15) is 0 Å². The highest BCUT2D eigenvalue weighted by atomic mass is 32.2. The molecule has 1 fully saturated rings. The number of nitrogens with one attached hydrogen (secondary N) is 2. The van der Waals surface area contributed by atoms with Crippen LogP contribution in [-0.2, 0) is 9.84 Å². The van der Waals surface area contributed by atoms with Crippen LogP contribution in [0.4, 0.5) is 10.5 Å². The molecule has 0 aromatic heterocycles. The number of anilines is 1. The number of benzene rings is 1. The number of carbonyl (C=O) groups excluding carboxylic acids is 1. The Hall–Kier alpha value is -1.64. The van der Waals surface area contributed by atoms with Gasteiger partial charge in [0.15, 0.2) is 9.84 Å². The molecule has 0 saturated carbocycles. The van der Waals surface area contributed by atoms with Gasteiger partial charge in [-0.1, -0.05) is 6.42 Å². The lowest BCUT2D eigenvalue weighted by Crippen LogP contribution is -2.46. The van der Waals surface area contributed by atoms with Crippen LogP contribution in [-0.4, -0.2) is 63.0 Å². The number of carbonyl (C=O) groups is 1. The van der Waals surface area contributed by atoms with Crippen molar-refractivity contribution in [2.24, 2.45) is 0 Å². The van der Waals surface area contributed by atoms with E-state index in [1.807, 2.05) is 0 Å². The predicted molar refractivity (Wildman–Crippen MR) is 92.9 cm³/mol. The predicted octanol–water partition coefficient (Wildman–Crippen LogP) is 1.06. The Morgan fingerprint density at radius 2 is 2.00 bits per heavy atom. The number of aliphatic hydroxyl groups is 1. The smallest absolute Gasteiger partial charge is 0.319 e. The molecule has 3 N–H and O–H groups in total. The van der Waals surface area contributed by atoms with Crippen molar-refractivity contribution >= 4 is 21.6 Å². The van der Waals surface area contributed by atoms with Crippen molar-refractivity contribution < 1.29 is 18.3 Å². The fraction of sp³-hybridized carbons (Fsp3) is 0.562. The van der Waals surface area contributed by atoms with Crippen LogP contribution in [0.25, 0.3) is 0 Å². The lowest BCUT2D eigenvalue weighted by Gasteiger charge is -2.34. The van der Waals surface area contributed by atoms with E-state index >= 15 is 0 Å². The van der Waals surface area contributed by atoms with Crippen LogP contribution >= 0.6 is 0 Å². The molecule has 8 heteroatoms. The van der Waals surface area contributed by atoms with Crippen molar-refractivity contribution in [1.82, 2.24) is 10.2 Å². The van der Waals surface area contributed by atoms with Crippen molar-refractivity contribution in [2.45, 2.75) is 30.2 Å². The monoisotopic (exact) mass is 355 g/mol. The Morgan fingerprint density at radius 1 is 1.29 bits per heavy atom. The van der Waals surface area contributed by atoms with E-state index in [9.17, 15) is 18.3 Å². The summed E-state index contributed by atoms with van der Waals surface area (Å²) in [5.41, 5.74) is 0.533. The zero-order valence-corrected chi connectivity index (χ0v) is 14.7. The minimum Gasteiger partial charge on any atom is -0.395 e. The highest BCUT2D eigenvalue weighted by Gasteiger charge is 2.20. The average Bonchev–Trinajstić information content (AvgIpc) is 2.55. The van der Waals surface area contributed by atoms with Gasteiger partial charge in [-0.3, -0.25) is 4.90 Å². The standard InChI is InChI=1S/C16H25N3O4S/c1-24(22,23)15-7-5-13(6-8-15)18-16(21)17-9-11-19-10-3-2-4-14(19)12-20/h5-8,14,20H,2-4,9-12H2,1H3,(H2,17,18,21)/t14-/m1/s1. The third-order valence-corrected chi connectivity index (χ3v) is 5.31. The van der Waals surface area contributed by atoms with Gasteiger partial charge in [0.1, 0.15) is 0 Å². The van der Waals surface area contributed by atoms with Crippen LogP contribution < -0.4 is 10.6 Å². The molecular formula is C16H25N3O4S. The number of piperidine rings is 1. The maximum Gasteiger partial charge on any atom is 0.319 e. The number of nitrogens with zero attached hydrogens (tertiary/aromatic N) is 1. The molecule has 24 heavy (non-hydrogen) atoms. The van der Waals surface area contributed by atoms with Crippen molar-refractivity contribution in [3.8, 4) is 0 Å². The van der Waals surface area contributed by atoms with Gasteiger partial charge in [-0.25, -0.2) is 13.2 Å². The number of aliphatic hydroxyl groups excluding tert-OH is 1. The first-order valence-corrected chi connectivity index (χ1v) is 9.99. The number of rotatable bonds is 6. The number of hydrogen-bond acceptors (Lipinski definition) is 5. The SMILES string of the molecule is CS(=O)(=O)c1ccc(NC(=O)NCCN2CCCC[C@@H]2CO)cc1. The molecule has 0 spiro atoms. The van der Waals surface area contributed by atoms with E-state index in [2.05, 4.69) is 15.5 Å². The number of urea groups is 1. The van der Waals surface area contributed by atoms with Gasteiger partial charge >= 0.3 is 6.03 Å². The summed E-state index contributed by atoms with van der Waals surface area (Å²) in [4.78, 5) is 14.3. The molecule has 7 nitrogen and oxygen atoms in total. The third kappa shape index (κ3) is 5.47. The van der Waals surface area contributed by atoms with Crippen molar-refractivity contribution in [2.75, 3.05) is 37.8 Å². The molecule has 1 aliphatic rings. The third-order valence-electron chi connectivity index (χ3n) is 4.18. The largest absolute Gasteiger partial charge is 0.395 e. The molecule has 134 valence electrons. The maximum absolute atomic E-state index is 11.9. The Kier molecular flexibility index (Phi) is 6.59. The number of sulfone groups is 1. The molecule has 2 rings (SSSR count). The van der Waals surface area contributed by atoms with E-state index < -0.39 is 9.84 Å². The minimum atomic E-state index is -3.24. The van der Waals surface area contributed by atoms with E-state index in [4.69, 9.17) is 0 Å². The summed E-state index contributed by atoms with van der Waals surface area (Å²) in [7, 11) is -3.24. The molecule has 0 bridgehead atoms. The van der Waals surface area contributed by atoms with Gasteiger partial charge in [0.05, 0.1) is 11.5 Å². The van der Waals surface area contributed by atoms with Crippen LogP contribution in [0, 0.1) is 0 Å². The summed E-state index contributed by atoms with van der Waals surface area (Å²) in [5.74, 6) is 0. The first kappa shape index (κ1) is 18.7. The normalized spacial score (nSPS) is 19.0. The maximum atomic E-state index is 11.9. The van der Waals surface area contributed by atoms with Crippen LogP contribution in [0.3, 0.4) is 0 Å². The summed E-state index contributed by atoms with van der Waals surface area (Å²) in [6.07, 6.45) is 4.40. The summed E-state index contributed by atoms with van der Waals surface area (Å²) >= 11 is 0. The highest BCUT2D eigenvalue weighted by Crippen LogP contribution is 2.16. The average molecular weight is 355 g/mol. The van der Waals surface area contributed by atoms with Crippen molar-refractivity contribution in [3.63, 3.8) is 0 Å². The van der Waals surface area contributed by atoms with Crippen LogP contribution in [0.2, 0.25) is 0 Å². The summed E-state index contributed by atoms with van der Waals surface area (Å²) in [6, 6.07) is 5.90. The van der Waals surface area contributed by atoms with Crippen LogP contribution in [0.15, 0.2) is 29.2 Å². The molecule has 1 heterocycles. The summed E-state index contributed by atoms with van der Waals surface area (Å²) in [6.45, 7) is 2.29. The summed E-state index contributed by atoms with van der Waals surface area (Å²) in [5, 5.41) is 14.8. The molecule has 1 aromatic carbocycles. The Morgan fingerprint density at radius 3 is 2.62 bits per heavy atom. The molecule has 0 radical (unpaired) electrons. The van der Waals surface area contributed by atoms with E-state index in [1.165, 1.54) is 12.1 Å². The topological polar surface area (TPSA) is 98.7 Å². The Labute approximate surface area is 143 Å². The van der Waals surface area contributed by atoms with Crippen LogP contribution in [0.1, 0.15) is 19.3 Å². The molecule has 1 atom stereocenters. The van der Waals surface area contributed by atoms with Crippen LogP contribution in [0.5, 0.6) is 0 Å². The highest BCUT2D eigenvalue weighted by molar-refractivity contribution is 7.90. The molecule has 0 unspecified atom stereocenters. The molecule has 1 aliphatic heterocycles. The zero-order valence-electron chi connectivity index (χ0n) is 13.9. The van der Waals surface area contributed by atoms with Crippen molar-refractivity contribution in [3.05, 3.63) is 24.3 Å². The van der Waals surface area contributed by atoms with Gasteiger partial charge in [-0.15, -0.1) is 0 Å². The molecular weight excluding hydrogens is 330 g/mol. The second-order valence-electron chi connectivity index (χ2n) is 6.05. The Balaban J connectivity index is 1.77. The lowest BCUT2D eigenvalue weighted by atomic mass is 10.0. The fourth-order valence-corrected chi connectivity index (χ4v) is 3.47. The second kappa shape index (κ2) is 8.46. The quantitative estimate of drug-likeness (QED) is 0.709.